The van der Waals surface area contributed by atoms with Crippen LogP contribution in [-0.2, 0) is 13.6 Å². The predicted octanol–water partition coefficient (Wildman–Crippen LogP) is 2.75. The van der Waals surface area contributed by atoms with Crippen LogP contribution in [0.5, 0.6) is 11.5 Å². The highest BCUT2D eigenvalue weighted by Gasteiger charge is 2.15. The van der Waals surface area contributed by atoms with Crippen molar-refractivity contribution in [3.8, 4) is 11.5 Å². The van der Waals surface area contributed by atoms with Crippen LogP contribution in [0, 0.1) is 3.57 Å². The van der Waals surface area contributed by atoms with Gasteiger partial charge in [-0.05, 0) is 54.1 Å². The molecule has 2 aromatic rings. The Labute approximate surface area is 149 Å². The number of carbonyl (C=O) groups excluding carboxylic acids is 1. The largest absolute Gasteiger partial charge is 0.490 e. The Hall–Kier alpha value is -1.77. The molecule has 0 unspecified atom stereocenters. The minimum Gasteiger partial charge on any atom is -0.490 e. The molecule has 0 radical (unpaired) electrons. The molecule has 1 N–H and O–H groups in total. The zero-order valence-corrected chi connectivity index (χ0v) is 15.6. The summed E-state index contributed by atoms with van der Waals surface area (Å²) in [6.45, 7) is 5.40. The summed E-state index contributed by atoms with van der Waals surface area (Å²) in [4.78, 5) is 12.3. The number of nitrogens with one attached hydrogen (secondary N) is 1. The number of benzene rings is 1. The Morgan fingerprint density at radius 2 is 1.96 bits per heavy atom. The molecule has 0 atom stereocenters. The summed E-state index contributed by atoms with van der Waals surface area (Å²) < 4.78 is 13.5. The Bertz CT molecular complexity index is 666. The number of halogens is 1. The first-order valence-corrected chi connectivity index (χ1v) is 8.48. The van der Waals surface area contributed by atoms with Gasteiger partial charge in [0.1, 0.15) is 5.69 Å². The highest BCUT2D eigenvalue weighted by Crippen LogP contribution is 2.28. The van der Waals surface area contributed by atoms with Gasteiger partial charge in [0.05, 0.1) is 23.0 Å². The number of hydrogen-bond acceptors (Lipinski definition) is 4. The monoisotopic (exact) mass is 429 g/mol. The van der Waals surface area contributed by atoms with Gasteiger partial charge in [-0.1, -0.05) is 6.07 Å². The first-order valence-electron chi connectivity index (χ1n) is 7.41. The van der Waals surface area contributed by atoms with Crippen molar-refractivity contribution in [2.75, 3.05) is 13.2 Å². The van der Waals surface area contributed by atoms with Gasteiger partial charge in [-0.15, -0.1) is 0 Å². The van der Waals surface area contributed by atoms with Crippen molar-refractivity contribution < 1.29 is 14.3 Å². The molecule has 1 heterocycles. The molecular weight excluding hydrogens is 409 g/mol. The lowest BCUT2D eigenvalue weighted by atomic mass is 10.2. The first-order chi connectivity index (χ1) is 11.1. The maximum absolute atomic E-state index is 12.3. The highest BCUT2D eigenvalue weighted by molar-refractivity contribution is 14.1. The molecule has 0 bridgehead atoms. The minimum atomic E-state index is -0.152. The average molecular weight is 429 g/mol. The fraction of sp³-hybridized carbons (Fsp3) is 0.375. The number of amides is 1. The molecule has 1 aromatic carbocycles. The van der Waals surface area contributed by atoms with Crippen LogP contribution in [0.2, 0.25) is 0 Å². The van der Waals surface area contributed by atoms with E-state index in [0.29, 0.717) is 37.0 Å². The molecule has 0 saturated heterocycles. The summed E-state index contributed by atoms with van der Waals surface area (Å²) in [6.07, 6.45) is 1.67. The van der Waals surface area contributed by atoms with Gasteiger partial charge in [-0.25, -0.2) is 0 Å². The summed E-state index contributed by atoms with van der Waals surface area (Å²) in [6, 6.07) is 5.68. The molecule has 0 aliphatic heterocycles. The van der Waals surface area contributed by atoms with Crippen molar-refractivity contribution in [2.24, 2.45) is 7.05 Å². The van der Waals surface area contributed by atoms with Crippen LogP contribution in [0.4, 0.5) is 0 Å². The van der Waals surface area contributed by atoms with Crippen LogP contribution in [0.1, 0.15) is 29.9 Å². The number of nitrogens with zero attached hydrogens (tertiary/aromatic N) is 2. The van der Waals surface area contributed by atoms with E-state index in [0.717, 1.165) is 9.13 Å². The lowest BCUT2D eigenvalue weighted by molar-refractivity contribution is 0.0940. The molecule has 0 spiro atoms. The second-order valence-electron chi connectivity index (χ2n) is 4.79. The van der Waals surface area contributed by atoms with Crippen molar-refractivity contribution in [1.29, 1.82) is 0 Å². The number of carbonyl (C=O) groups is 1. The van der Waals surface area contributed by atoms with Crippen molar-refractivity contribution in [2.45, 2.75) is 20.4 Å². The number of ether oxygens (including phenoxy) is 2. The molecule has 0 aliphatic carbocycles. The molecule has 1 amide bonds. The number of hydrogen-bond donors (Lipinski definition) is 1. The molecule has 6 nitrogen and oxygen atoms in total. The van der Waals surface area contributed by atoms with Crippen molar-refractivity contribution in [1.82, 2.24) is 15.1 Å². The summed E-state index contributed by atoms with van der Waals surface area (Å²) in [5.74, 6) is 1.25. The normalized spacial score (nSPS) is 10.4. The van der Waals surface area contributed by atoms with Crippen LogP contribution < -0.4 is 14.8 Å². The van der Waals surface area contributed by atoms with E-state index in [-0.39, 0.29) is 5.91 Å². The smallest absolute Gasteiger partial charge is 0.270 e. The third kappa shape index (κ3) is 4.37. The van der Waals surface area contributed by atoms with E-state index in [1.54, 1.807) is 17.9 Å². The van der Waals surface area contributed by atoms with Gasteiger partial charge in [-0.3, -0.25) is 9.48 Å². The van der Waals surface area contributed by atoms with E-state index in [4.69, 9.17) is 9.47 Å². The second kappa shape index (κ2) is 8.19. The standard InChI is InChI=1S/C16H20IN3O3/c1-4-22-13-7-6-11(8-14(13)23-5-2)9-18-16(21)15-12(17)10-19-20(15)3/h6-8,10H,4-5,9H2,1-3H3,(H,18,21). The first kappa shape index (κ1) is 17.6. The van der Waals surface area contributed by atoms with Crippen LogP contribution >= 0.6 is 22.6 Å². The maximum atomic E-state index is 12.3. The van der Waals surface area contributed by atoms with E-state index < -0.39 is 0 Å². The second-order valence-corrected chi connectivity index (χ2v) is 5.96. The molecule has 2 rings (SSSR count). The van der Waals surface area contributed by atoms with Gasteiger partial charge in [0.15, 0.2) is 11.5 Å². The van der Waals surface area contributed by atoms with Crippen molar-refractivity contribution >= 4 is 28.5 Å². The molecule has 0 aliphatic rings. The van der Waals surface area contributed by atoms with Gasteiger partial charge in [0.2, 0.25) is 0 Å². The molecule has 124 valence electrons. The lowest BCUT2D eigenvalue weighted by Crippen LogP contribution is -2.26. The number of rotatable bonds is 7. The molecule has 23 heavy (non-hydrogen) atoms. The van der Waals surface area contributed by atoms with Gasteiger partial charge in [-0.2, -0.15) is 5.10 Å². The van der Waals surface area contributed by atoms with Crippen molar-refractivity contribution in [3.63, 3.8) is 0 Å². The summed E-state index contributed by atoms with van der Waals surface area (Å²) in [5, 5.41) is 6.98. The third-order valence-electron chi connectivity index (χ3n) is 3.17. The van der Waals surface area contributed by atoms with Gasteiger partial charge in [0, 0.05) is 13.6 Å². The molecule has 0 fully saturated rings. The topological polar surface area (TPSA) is 65.4 Å². The maximum Gasteiger partial charge on any atom is 0.270 e. The summed E-state index contributed by atoms with van der Waals surface area (Å²) in [5.41, 5.74) is 1.50. The van der Waals surface area contributed by atoms with E-state index in [2.05, 4.69) is 33.0 Å². The molecule has 7 heteroatoms. The average Bonchev–Trinajstić information content (AvgIpc) is 2.86. The van der Waals surface area contributed by atoms with E-state index in [9.17, 15) is 4.79 Å². The quantitative estimate of drug-likeness (QED) is 0.688. The van der Waals surface area contributed by atoms with Crippen LogP contribution in [0.15, 0.2) is 24.4 Å². The van der Waals surface area contributed by atoms with E-state index in [1.165, 1.54) is 0 Å². The summed E-state index contributed by atoms with van der Waals surface area (Å²) >= 11 is 2.10. The van der Waals surface area contributed by atoms with E-state index in [1.807, 2.05) is 32.0 Å². The Balaban J connectivity index is 2.08. The molecule has 1 aromatic heterocycles. The zero-order valence-electron chi connectivity index (χ0n) is 13.4. The Morgan fingerprint density at radius 1 is 1.26 bits per heavy atom. The van der Waals surface area contributed by atoms with Crippen LogP contribution in [-0.4, -0.2) is 28.9 Å². The lowest BCUT2D eigenvalue weighted by Gasteiger charge is -2.13. The predicted molar refractivity (Wildman–Crippen MR) is 95.9 cm³/mol. The fourth-order valence-corrected chi connectivity index (χ4v) is 2.86. The van der Waals surface area contributed by atoms with Gasteiger partial charge >= 0.3 is 0 Å². The van der Waals surface area contributed by atoms with Gasteiger partial charge in [0.25, 0.3) is 5.91 Å². The van der Waals surface area contributed by atoms with Crippen molar-refractivity contribution in [3.05, 3.63) is 39.2 Å². The Kier molecular flexibility index (Phi) is 6.26. The van der Waals surface area contributed by atoms with Crippen LogP contribution in [0.25, 0.3) is 0 Å². The van der Waals surface area contributed by atoms with Crippen LogP contribution in [0.3, 0.4) is 0 Å². The minimum absolute atomic E-state index is 0.152. The zero-order chi connectivity index (χ0) is 16.8. The fourth-order valence-electron chi connectivity index (χ4n) is 2.14. The third-order valence-corrected chi connectivity index (χ3v) is 3.96. The van der Waals surface area contributed by atoms with Gasteiger partial charge < -0.3 is 14.8 Å². The number of aryl methyl sites for hydroxylation is 1. The highest BCUT2D eigenvalue weighted by atomic mass is 127. The molecular formula is C16H20IN3O3. The summed E-state index contributed by atoms with van der Waals surface area (Å²) in [7, 11) is 1.75. The number of aromatic nitrogens is 2. The van der Waals surface area contributed by atoms with E-state index >= 15 is 0 Å². The SMILES string of the molecule is CCOc1ccc(CNC(=O)c2c(I)cnn2C)cc1OCC. The Morgan fingerprint density at radius 3 is 2.57 bits per heavy atom. The molecule has 0 saturated carbocycles.